The van der Waals surface area contributed by atoms with E-state index in [9.17, 15) is 8.42 Å². The molecular weight excluding hydrogens is 491 g/mol. The SMILES string of the molecule is CN=C(NCc1ccc(S(=O)(=O)NC)cc1)NCC1(CCOC)CCCC1.I. The molecule has 1 aromatic carbocycles. The van der Waals surface area contributed by atoms with E-state index in [0.29, 0.717) is 6.54 Å². The van der Waals surface area contributed by atoms with Gasteiger partial charge in [0.25, 0.3) is 0 Å². The fourth-order valence-electron chi connectivity index (χ4n) is 3.54. The van der Waals surface area contributed by atoms with Crippen LogP contribution in [0.4, 0.5) is 0 Å². The topological polar surface area (TPSA) is 91.8 Å². The minimum atomic E-state index is -3.40. The number of methoxy groups -OCH3 is 1. The first-order chi connectivity index (χ1) is 12.9. The van der Waals surface area contributed by atoms with Crippen LogP contribution in [0.1, 0.15) is 37.7 Å². The van der Waals surface area contributed by atoms with E-state index in [1.54, 1.807) is 26.3 Å². The minimum Gasteiger partial charge on any atom is -0.385 e. The lowest BCUT2D eigenvalue weighted by Crippen LogP contribution is -2.43. The molecule has 2 rings (SSSR count). The molecule has 9 heteroatoms. The van der Waals surface area contributed by atoms with Gasteiger partial charge in [-0.2, -0.15) is 0 Å². The molecule has 0 bridgehead atoms. The summed E-state index contributed by atoms with van der Waals surface area (Å²) in [5.41, 5.74) is 1.28. The zero-order chi connectivity index (χ0) is 19.8. The Kier molecular flexibility index (Phi) is 10.7. The Hall–Kier alpha value is -0.910. The van der Waals surface area contributed by atoms with Crippen molar-refractivity contribution in [2.45, 2.75) is 43.5 Å². The number of hydrogen-bond donors (Lipinski definition) is 3. The highest BCUT2D eigenvalue weighted by molar-refractivity contribution is 14.0. The number of sulfonamides is 1. The van der Waals surface area contributed by atoms with Gasteiger partial charge in [0.1, 0.15) is 0 Å². The molecule has 0 aromatic heterocycles. The van der Waals surface area contributed by atoms with Gasteiger partial charge in [-0.25, -0.2) is 13.1 Å². The van der Waals surface area contributed by atoms with Crippen LogP contribution < -0.4 is 15.4 Å². The number of nitrogens with zero attached hydrogens (tertiary/aromatic N) is 1. The molecule has 0 radical (unpaired) electrons. The Morgan fingerprint density at radius 3 is 2.36 bits per heavy atom. The molecule has 0 heterocycles. The fraction of sp³-hybridized carbons (Fsp3) is 0.632. The van der Waals surface area contributed by atoms with E-state index in [0.717, 1.165) is 31.1 Å². The molecule has 1 fully saturated rings. The third-order valence-electron chi connectivity index (χ3n) is 5.32. The molecule has 0 unspecified atom stereocenters. The minimum absolute atomic E-state index is 0. The quantitative estimate of drug-likeness (QED) is 0.262. The molecule has 0 spiro atoms. The summed E-state index contributed by atoms with van der Waals surface area (Å²) in [5, 5.41) is 6.75. The lowest BCUT2D eigenvalue weighted by molar-refractivity contribution is 0.138. The number of guanidine groups is 1. The lowest BCUT2D eigenvalue weighted by Gasteiger charge is -2.30. The van der Waals surface area contributed by atoms with Crippen molar-refractivity contribution in [2.24, 2.45) is 10.4 Å². The van der Waals surface area contributed by atoms with E-state index in [1.807, 2.05) is 12.1 Å². The van der Waals surface area contributed by atoms with E-state index in [-0.39, 0.29) is 34.3 Å². The largest absolute Gasteiger partial charge is 0.385 e. The van der Waals surface area contributed by atoms with Gasteiger partial charge >= 0.3 is 0 Å². The number of hydrogen-bond acceptors (Lipinski definition) is 4. The van der Waals surface area contributed by atoms with Crippen LogP contribution in [0, 0.1) is 5.41 Å². The Labute approximate surface area is 186 Å². The maximum Gasteiger partial charge on any atom is 0.240 e. The molecule has 1 aliphatic rings. The summed E-state index contributed by atoms with van der Waals surface area (Å²) in [6, 6.07) is 6.83. The van der Waals surface area contributed by atoms with Crippen molar-refractivity contribution in [3.8, 4) is 0 Å². The Morgan fingerprint density at radius 2 is 1.82 bits per heavy atom. The van der Waals surface area contributed by atoms with Crippen LogP contribution in [-0.4, -0.2) is 48.7 Å². The van der Waals surface area contributed by atoms with Crippen molar-refractivity contribution in [3.05, 3.63) is 29.8 Å². The molecule has 1 aliphatic carbocycles. The van der Waals surface area contributed by atoms with Crippen molar-refractivity contribution >= 4 is 40.0 Å². The highest BCUT2D eigenvalue weighted by Gasteiger charge is 2.33. The van der Waals surface area contributed by atoms with Gasteiger partial charge in [0.15, 0.2) is 5.96 Å². The van der Waals surface area contributed by atoms with Gasteiger partial charge < -0.3 is 15.4 Å². The predicted molar refractivity (Wildman–Crippen MR) is 124 cm³/mol. The molecule has 0 amide bonds. The van der Waals surface area contributed by atoms with Gasteiger partial charge in [-0.1, -0.05) is 25.0 Å². The predicted octanol–water partition coefficient (Wildman–Crippen LogP) is 2.47. The Balaban J connectivity index is 0.00000392. The second kappa shape index (κ2) is 11.9. The monoisotopic (exact) mass is 524 g/mol. The van der Waals surface area contributed by atoms with Crippen LogP contribution in [0.5, 0.6) is 0 Å². The van der Waals surface area contributed by atoms with Crippen LogP contribution in [0.15, 0.2) is 34.2 Å². The standard InChI is InChI=1S/C19H32N4O3S.HI/c1-20-18(23-15-19(12-13-26-3)10-4-5-11-19)22-14-16-6-8-17(9-7-16)27(24,25)21-2;/h6-9,21H,4-5,10-15H2,1-3H3,(H2,20,22,23);1H. The molecule has 28 heavy (non-hydrogen) atoms. The normalized spacial score (nSPS) is 16.5. The first-order valence-corrected chi connectivity index (χ1v) is 10.9. The molecule has 0 atom stereocenters. The van der Waals surface area contributed by atoms with Gasteiger partial charge in [-0.15, -0.1) is 24.0 Å². The third kappa shape index (κ3) is 7.16. The summed E-state index contributed by atoms with van der Waals surface area (Å²) in [6.45, 7) is 2.25. The molecule has 160 valence electrons. The zero-order valence-electron chi connectivity index (χ0n) is 17.0. The first-order valence-electron chi connectivity index (χ1n) is 9.41. The summed E-state index contributed by atoms with van der Waals surface area (Å²) in [4.78, 5) is 4.56. The van der Waals surface area contributed by atoms with Crippen LogP contribution in [0.25, 0.3) is 0 Å². The summed E-state index contributed by atoms with van der Waals surface area (Å²) in [6.07, 6.45) is 6.07. The molecule has 1 aromatic rings. The van der Waals surface area contributed by atoms with Crippen molar-refractivity contribution in [1.82, 2.24) is 15.4 Å². The number of aliphatic imine (C=N–C) groups is 1. The Morgan fingerprint density at radius 1 is 1.18 bits per heavy atom. The van der Waals surface area contributed by atoms with Crippen molar-refractivity contribution in [2.75, 3.05) is 34.4 Å². The number of benzene rings is 1. The van der Waals surface area contributed by atoms with E-state index < -0.39 is 10.0 Å². The first kappa shape index (κ1) is 25.1. The molecule has 1 saturated carbocycles. The van der Waals surface area contributed by atoms with Crippen LogP contribution in [-0.2, 0) is 21.3 Å². The average molecular weight is 524 g/mol. The fourth-order valence-corrected chi connectivity index (χ4v) is 4.27. The summed E-state index contributed by atoms with van der Waals surface area (Å²) in [7, 11) is 1.52. The maximum atomic E-state index is 11.8. The van der Waals surface area contributed by atoms with Gasteiger partial charge in [0.2, 0.25) is 10.0 Å². The summed E-state index contributed by atoms with van der Waals surface area (Å²) < 4.78 is 31.2. The highest BCUT2D eigenvalue weighted by atomic mass is 127. The van der Waals surface area contributed by atoms with Gasteiger partial charge in [0.05, 0.1) is 4.90 Å². The molecular formula is C19H33IN4O3S. The molecule has 3 N–H and O–H groups in total. The highest BCUT2D eigenvalue weighted by Crippen LogP contribution is 2.40. The summed E-state index contributed by atoms with van der Waals surface area (Å²) >= 11 is 0. The van der Waals surface area contributed by atoms with E-state index in [2.05, 4.69) is 20.3 Å². The van der Waals surface area contributed by atoms with Crippen molar-refractivity contribution in [1.29, 1.82) is 0 Å². The summed E-state index contributed by atoms with van der Waals surface area (Å²) in [5.74, 6) is 0.755. The Bertz CT molecular complexity index is 717. The smallest absolute Gasteiger partial charge is 0.240 e. The molecule has 0 aliphatic heterocycles. The van der Waals surface area contributed by atoms with Gasteiger partial charge in [-0.05, 0) is 49.4 Å². The molecule has 0 saturated heterocycles. The number of ether oxygens (including phenoxy) is 1. The lowest BCUT2D eigenvalue weighted by atomic mass is 9.83. The van der Waals surface area contributed by atoms with Crippen LogP contribution in [0.2, 0.25) is 0 Å². The van der Waals surface area contributed by atoms with E-state index in [4.69, 9.17) is 4.74 Å². The second-order valence-corrected chi connectivity index (χ2v) is 8.97. The van der Waals surface area contributed by atoms with Gasteiger partial charge in [-0.3, -0.25) is 4.99 Å². The van der Waals surface area contributed by atoms with Crippen molar-refractivity contribution < 1.29 is 13.2 Å². The van der Waals surface area contributed by atoms with Crippen molar-refractivity contribution in [3.63, 3.8) is 0 Å². The number of nitrogens with one attached hydrogen (secondary N) is 3. The van der Waals surface area contributed by atoms with E-state index in [1.165, 1.54) is 32.7 Å². The van der Waals surface area contributed by atoms with E-state index >= 15 is 0 Å². The zero-order valence-corrected chi connectivity index (χ0v) is 20.1. The van der Waals surface area contributed by atoms with Crippen LogP contribution in [0.3, 0.4) is 0 Å². The number of halogens is 1. The van der Waals surface area contributed by atoms with Crippen LogP contribution >= 0.6 is 24.0 Å². The maximum absolute atomic E-state index is 11.8. The third-order valence-corrected chi connectivity index (χ3v) is 6.75. The molecule has 7 nitrogen and oxygen atoms in total. The second-order valence-electron chi connectivity index (χ2n) is 7.08. The average Bonchev–Trinajstić information content (AvgIpc) is 3.16. The van der Waals surface area contributed by atoms with Gasteiger partial charge in [0, 0.05) is 33.9 Å². The number of rotatable bonds is 9.